The van der Waals surface area contributed by atoms with E-state index >= 15 is 0 Å². The number of piperidine rings is 1. The van der Waals surface area contributed by atoms with Crippen LogP contribution in [0.3, 0.4) is 0 Å². The summed E-state index contributed by atoms with van der Waals surface area (Å²) in [5.41, 5.74) is 1.33. The molecular formula is C15H24N2O. The first-order valence-corrected chi connectivity index (χ1v) is 6.94. The van der Waals surface area contributed by atoms with Crippen LogP contribution in [0.15, 0.2) is 18.3 Å². The molecule has 1 aromatic rings. The molecule has 2 heterocycles. The van der Waals surface area contributed by atoms with Gasteiger partial charge < -0.3 is 4.74 Å². The van der Waals surface area contributed by atoms with E-state index in [2.05, 4.69) is 29.8 Å². The van der Waals surface area contributed by atoms with Crippen LogP contribution in [-0.2, 0) is 0 Å². The van der Waals surface area contributed by atoms with Gasteiger partial charge >= 0.3 is 0 Å². The Kier molecular flexibility index (Phi) is 4.59. The zero-order valence-electron chi connectivity index (χ0n) is 11.7. The second kappa shape index (κ2) is 6.19. The van der Waals surface area contributed by atoms with Crippen LogP contribution in [0.2, 0.25) is 0 Å². The van der Waals surface area contributed by atoms with Crippen molar-refractivity contribution in [3.05, 3.63) is 23.9 Å². The van der Waals surface area contributed by atoms with Crippen molar-refractivity contribution < 1.29 is 4.74 Å². The molecule has 0 amide bonds. The third-order valence-electron chi connectivity index (χ3n) is 3.57. The molecule has 18 heavy (non-hydrogen) atoms. The fourth-order valence-corrected chi connectivity index (χ4v) is 2.77. The Morgan fingerprint density at radius 1 is 1.39 bits per heavy atom. The molecule has 0 aromatic carbocycles. The van der Waals surface area contributed by atoms with Crippen LogP contribution in [0.4, 0.5) is 0 Å². The fourth-order valence-electron chi connectivity index (χ4n) is 2.77. The second-order valence-corrected chi connectivity index (χ2v) is 5.53. The Balaban J connectivity index is 2.11. The van der Waals surface area contributed by atoms with E-state index in [0.717, 1.165) is 5.92 Å². The number of methoxy groups -OCH3 is 1. The highest BCUT2D eigenvalue weighted by atomic mass is 16.5. The van der Waals surface area contributed by atoms with E-state index in [0.29, 0.717) is 11.9 Å². The summed E-state index contributed by atoms with van der Waals surface area (Å²) in [6, 6.07) is 4.67. The molecule has 1 aromatic heterocycles. The van der Waals surface area contributed by atoms with Crippen molar-refractivity contribution in [3.8, 4) is 5.88 Å². The van der Waals surface area contributed by atoms with Crippen molar-refractivity contribution in [1.29, 1.82) is 0 Å². The lowest BCUT2D eigenvalue weighted by molar-refractivity contribution is 0.132. The van der Waals surface area contributed by atoms with Gasteiger partial charge in [0.2, 0.25) is 5.88 Å². The van der Waals surface area contributed by atoms with Crippen LogP contribution in [0.25, 0.3) is 0 Å². The Labute approximate surface area is 110 Å². The van der Waals surface area contributed by atoms with Crippen LogP contribution < -0.4 is 4.74 Å². The molecule has 2 rings (SSSR count). The maximum absolute atomic E-state index is 5.12. The highest BCUT2D eigenvalue weighted by Crippen LogP contribution is 2.31. The summed E-state index contributed by atoms with van der Waals surface area (Å²) in [6.07, 6.45) is 5.88. The monoisotopic (exact) mass is 248 g/mol. The van der Waals surface area contributed by atoms with E-state index < -0.39 is 0 Å². The molecule has 1 aliphatic rings. The third-order valence-corrected chi connectivity index (χ3v) is 3.57. The fraction of sp³-hybridized carbons (Fsp3) is 0.667. The number of pyridine rings is 1. The van der Waals surface area contributed by atoms with Crippen LogP contribution in [0, 0.1) is 5.92 Å². The maximum atomic E-state index is 5.12. The van der Waals surface area contributed by atoms with Crippen LogP contribution >= 0.6 is 0 Å². The lowest BCUT2D eigenvalue weighted by Crippen LogP contribution is -2.36. The normalized spacial score (nSPS) is 21.2. The SMILES string of the molecule is COc1ccc([C@@H]2CCCCN2CC(C)C)cn1. The summed E-state index contributed by atoms with van der Waals surface area (Å²) in [6.45, 7) is 6.97. The molecule has 0 N–H and O–H groups in total. The number of hydrogen-bond acceptors (Lipinski definition) is 3. The topological polar surface area (TPSA) is 25.4 Å². The molecule has 1 saturated heterocycles. The minimum Gasteiger partial charge on any atom is -0.481 e. The van der Waals surface area contributed by atoms with E-state index in [-0.39, 0.29) is 0 Å². The lowest BCUT2D eigenvalue weighted by Gasteiger charge is -2.37. The molecule has 0 bridgehead atoms. The molecule has 0 saturated carbocycles. The molecule has 0 radical (unpaired) electrons. The molecule has 1 aliphatic heterocycles. The lowest BCUT2D eigenvalue weighted by atomic mass is 9.95. The number of nitrogens with zero attached hydrogens (tertiary/aromatic N) is 2. The van der Waals surface area contributed by atoms with E-state index in [1.807, 2.05) is 12.3 Å². The summed E-state index contributed by atoms with van der Waals surface area (Å²) in [7, 11) is 1.66. The first kappa shape index (κ1) is 13.3. The molecule has 100 valence electrons. The Hall–Kier alpha value is -1.09. The molecule has 0 unspecified atom stereocenters. The van der Waals surface area contributed by atoms with Crippen molar-refractivity contribution in [3.63, 3.8) is 0 Å². The van der Waals surface area contributed by atoms with Gasteiger partial charge in [0.1, 0.15) is 0 Å². The number of aromatic nitrogens is 1. The standard InChI is InChI=1S/C15H24N2O/c1-12(2)11-17-9-5-4-6-14(17)13-7-8-15(18-3)16-10-13/h7-8,10,12,14H,4-6,9,11H2,1-3H3/t14-/m0/s1. The molecule has 1 fully saturated rings. The van der Waals surface area contributed by atoms with Crippen molar-refractivity contribution in [2.75, 3.05) is 20.2 Å². The zero-order chi connectivity index (χ0) is 13.0. The van der Waals surface area contributed by atoms with Crippen LogP contribution in [0.5, 0.6) is 5.88 Å². The van der Waals surface area contributed by atoms with E-state index in [1.54, 1.807) is 7.11 Å². The smallest absolute Gasteiger partial charge is 0.212 e. The molecule has 3 nitrogen and oxygen atoms in total. The summed E-state index contributed by atoms with van der Waals surface area (Å²) < 4.78 is 5.12. The van der Waals surface area contributed by atoms with Gasteiger partial charge in [-0.2, -0.15) is 0 Å². The Morgan fingerprint density at radius 3 is 2.83 bits per heavy atom. The summed E-state index contributed by atoms with van der Waals surface area (Å²) in [5, 5.41) is 0. The number of rotatable bonds is 4. The average molecular weight is 248 g/mol. The van der Waals surface area contributed by atoms with Crippen molar-refractivity contribution in [1.82, 2.24) is 9.88 Å². The van der Waals surface area contributed by atoms with Gasteiger partial charge in [-0.05, 0) is 30.9 Å². The van der Waals surface area contributed by atoms with E-state index in [9.17, 15) is 0 Å². The van der Waals surface area contributed by atoms with Crippen molar-refractivity contribution in [2.24, 2.45) is 5.92 Å². The van der Waals surface area contributed by atoms with Gasteiger partial charge in [0, 0.05) is 24.8 Å². The maximum Gasteiger partial charge on any atom is 0.212 e. The Bertz CT molecular complexity index is 361. The average Bonchev–Trinajstić information content (AvgIpc) is 2.39. The van der Waals surface area contributed by atoms with Crippen LogP contribution in [-0.4, -0.2) is 30.1 Å². The first-order valence-electron chi connectivity index (χ1n) is 6.94. The zero-order valence-corrected chi connectivity index (χ0v) is 11.7. The summed E-state index contributed by atoms with van der Waals surface area (Å²) in [5.74, 6) is 1.42. The van der Waals surface area contributed by atoms with E-state index in [1.165, 1.54) is 37.9 Å². The second-order valence-electron chi connectivity index (χ2n) is 5.53. The molecule has 3 heteroatoms. The van der Waals surface area contributed by atoms with E-state index in [4.69, 9.17) is 4.74 Å². The minimum absolute atomic E-state index is 0.541. The minimum atomic E-state index is 0.541. The van der Waals surface area contributed by atoms with Crippen LogP contribution in [0.1, 0.15) is 44.7 Å². The number of hydrogen-bond donors (Lipinski definition) is 0. The van der Waals surface area contributed by atoms with Crippen molar-refractivity contribution in [2.45, 2.75) is 39.2 Å². The molecule has 0 spiro atoms. The summed E-state index contributed by atoms with van der Waals surface area (Å²) in [4.78, 5) is 6.95. The van der Waals surface area contributed by atoms with Gasteiger partial charge in [0.25, 0.3) is 0 Å². The van der Waals surface area contributed by atoms with Crippen molar-refractivity contribution >= 4 is 0 Å². The highest BCUT2D eigenvalue weighted by molar-refractivity contribution is 5.21. The molecule has 0 aliphatic carbocycles. The molecular weight excluding hydrogens is 224 g/mol. The van der Waals surface area contributed by atoms with Gasteiger partial charge in [-0.3, -0.25) is 4.90 Å². The van der Waals surface area contributed by atoms with Gasteiger partial charge in [0.15, 0.2) is 0 Å². The van der Waals surface area contributed by atoms with Gasteiger partial charge in [-0.25, -0.2) is 4.98 Å². The highest BCUT2D eigenvalue weighted by Gasteiger charge is 2.24. The predicted octanol–water partition coefficient (Wildman–Crippen LogP) is 3.27. The first-order chi connectivity index (χ1) is 8.70. The van der Waals surface area contributed by atoms with Gasteiger partial charge in [-0.15, -0.1) is 0 Å². The van der Waals surface area contributed by atoms with Gasteiger partial charge in [0.05, 0.1) is 7.11 Å². The quantitative estimate of drug-likeness (QED) is 0.817. The van der Waals surface area contributed by atoms with Gasteiger partial charge in [-0.1, -0.05) is 26.3 Å². The third kappa shape index (κ3) is 3.22. The largest absolute Gasteiger partial charge is 0.481 e. The predicted molar refractivity (Wildman–Crippen MR) is 73.8 cm³/mol. The number of likely N-dealkylation sites (tertiary alicyclic amines) is 1. The Morgan fingerprint density at radius 2 is 2.22 bits per heavy atom. The summed E-state index contributed by atoms with van der Waals surface area (Å²) >= 11 is 0. The number of ether oxygens (including phenoxy) is 1. The molecule has 1 atom stereocenters.